The lowest BCUT2D eigenvalue weighted by atomic mass is 10.1. The summed E-state index contributed by atoms with van der Waals surface area (Å²) in [5, 5.41) is 5.69. The molecule has 0 bridgehead atoms. The van der Waals surface area contributed by atoms with Gasteiger partial charge in [-0.05, 0) is 29.8 Å². The van der Waals surface area contributed by atoms with Crippen LogP contribution in [0.1, 0.15) is 5.56 Å². The molecule has 25 heavy (non-hydrogen) atoms. The van der Waals surface area contributed by atoms with E-state index < -0.39 is 0 Å². The van der Waals surface area contributed by atoms with Gasteiger partial charge in [-0.25, -0.2) is 4.39 Å². The number of guanidine groups is 1. The number of hydrogen-bond acceptors (Lipinski definition) is 3. The van der Waals surface area contributed by atoms with Gasteiger partial charge < -0.3 is 21.1 Å². The number of carbonyl (C=O) groups is 1. The highest BCUT2D eigenvalue weighted by Gasteiger charge is 2.03. The predicted octanol–water partition coefficient (Wildman–Crippen LogP) is 1.92. The molecule has 4 N–H and O–H groups in total. The van der Waals surface area contributed by atoms with Crippen molar-refractivity contribution < 1.29 is 13.9 Å². The Labute approximate surface area is 145 Å². The molecular formula is C18H21FN4O2. The number of nitrogens with one attached hydrogen (secondary N) is 2. The maximum absolute atomic E-state index is 12.8. The van der Waals surface area contributed by atoms with Crippen LogP contribution >= 0.6 is 0 Å². The standard InChI is InChI=1S/C18H21FN4O2/c1-25-16-4-2-3-15(12-16)23-18(20)22-10-9-21-17(24)11-13-5-7-14(19)8-6-13/h2-8,12H,9-11H2,1H3,(H,21,24)(H3,20,22,23). The lowest BCUT2D eigenvalue weighted by molar-refractivity contribution is -0.120. The van der Waals surface area contributed by atoms with Crippen LogP contribution in [0, 0.1) is 5.82 Å². The van der Waals surface area contributed by atoms with Crippen molar-refractivity contribution in [1.29, 1.82) is 0 Å². The number of nitrogens with zero attached hydrogens (tertiary/aromatic N) is 1. The average molecular weight is 344 g/mol. The second-order valence-electron chi connectivity index (χ2n) is 5.28. The smallest absolute Gasteiger partial charge is 0.224 e. The fourth-order valence-corrected chi connectivity index (χ4v) is 2.11. The lowest BCUT2D eigenvalue weighted by Crippen LogP contribution is -2.29. The van der Waals surface area contributed by atoms with E-state index in [0.29, 0.717) is 18.8 Å². The topological polar surface area (TPSA) is 88.7 Å². The Balaban J connectivity index is 1.72. The molecule has 0 aliphatic heterocycles. The Kier molecular flexibility index (Phi) is 6.76. The van der Waals surface area contributed by atoms with Crippen molar-refractivity contribution in [2.45, 2.75) is 6.42 Å². The summed E-state index contributed by atoms with van der Waals surface area (Å²) in [7, 11) is 1.59. The summed E-state index contributed by atoms with van der Waals surface area (Å²) in [6.07, 6.45) is 0.196. The number of rotatable bonds is 7. The van der Waals surface area contributed by atoms with Gasteiger partial charge in [0.05, 0.1) is 20.1 Å². The third kappa shape index (κ3) is 6.50. The summed E-state index contributed by atoms with van der Waals surface area (Å²) >= 11 is 0. The van der Waals surface area contributed by atoms with Crippen molar-refractivity contribution >= 4 is 17.6 Å². The first-order valence-corrected chi connectivity index (χ1v) is 7.79. The molecule has 0 aliphatic carbocycles. The largest absolute Gasteiger partial charge is 0.497 e. The van der Waals surface area contributed by atoms with Gasteiger partial charge in [0.1, 0.15) is 11.6 Å². The zero-order chi connectivity index (χ0) is 18.1. The Hall–Kier alpha value is -3.09. The van der Waals surface area contributed by atoms with Gasteiger partial charge in [-0.3, -0.25) is 9.79 Å². The number of ether oxygens (including phenoxy) is 1. The summed E-state index contributed by atoms with van der Waals surface area (Å²) < 4.78 is 17.9. The molecule has 0 aromatic heterocycles. The molecule has 0 spiro atoms. The van der Waals surface area contributed by atoms with Crippen LogP contribution in [0.4, 0.5) is 10.1 Å². The number of carbonyl (C=O) groups excluding carboxylic acids is 1. The minimum atomic E-state index is -0.322. The normalized spacial score (nSPS) is 11.0. The van der Waals surface area contributed by atoms with Crippen LogP contribution in [0.15, 0.2) is 53.5 Å². The van der Waals surface area contributed by atoms with E-state index in [0.717, 1.165) is 11.3 Å². The molecule has 1 amide bonds. The maximum Gasteiger partial charge on any atom is 0.224 e. The molecule has 0 saturated carbocycles. The van der Waals surface area contributed by atoms with E-state index in [4.69, 9.17) is 10.5 Å². The first-order chi connectivity index (χ1) is 12.1. The molecule has 2 aromatic rings. The van der Waals surface area contributed by atoms with E-state index >= 15 is 0 Å². The van der Waals surface area contributed by atoms with Crippen molar-refractivity contribution in [3.8, 4) is 5.75 Å². The molecule has 0 unspecified atom stereocenters. The number of aliphatic imine (C=N–C) groups is 1. The van der Waals surface area contributed by atoms with Crippen LogP contribution < -0.4 is 21.1 Å². The zero-order valence-corrected chi connectivity index (χ0v) is 14.0. The SMILES string of the molecule is COc1cccc(NC(N)=NCCNC(=O)Cc2ccc(F)cc2)c1. The Bertz CT molecular complexity index is 732. The predicted molar refractivity (Wildman–Crippen MR) is 96.2 cm³/mol. The fourth-order valence-electron chi connectivity index (χ4n) is 2.11. The molecule has 7 heteroatoms. The van der Waals surface area contributed by atoms with E-state index in [1.165, 1.54) is 12.1 Å². The van der Waals surface area contributed by atoms with Gasteiger partial charge in [-0.15, -0.1) is 0 Å². The highest BCUT2D eigenvalue weighted by atomic mass is 19.1. The van der Waals surface area contributed by atoms with Crippen LogP contribution in [-0.4, -0.2) is 32.1 Å². The van der Waals surface area contributed by atoms with E-state index in [2.05, 4.69) is 15.6 Å². The summed E-state index contributed by atoms with van der Waals surface area (Å²) in [5.74, 6) is 0.491. The molecule has 0 fully saturated rings. The minimum Gasteiger partial charge on any atom is -0.497 e. The summed E-state index contributed by atoms with van der Waals surface area (Å²) in [6.45, 7) is 0.707. The molecule has 0 atom stereocenters. The molecule has 0 heterocycles. The molecule has 2 aromatic carbocycles. The molecule has 132 valence electrons. The minimum absolute atomic E-state index is 0.152. The third-order valence-corrected chi connectivity index (χ3v) is 3.34. The quantitative estimate of drug-likeness (QED) is 0.407. The van der Waals surface area contributed by atoms with Gasteiger partial charge in [0.2, 0.25) is 5.91 Å². The first-order valence-electron chi connectivity index (χ1n) is 7.79. The van der Waals surface area contributed by atoms with E-state index in [-0.39, 0.29) is 24.1 Å². The zero-order valence-electron chi connectivity index (χ0n) is 14.0. The van der Waals surface area contributed by atoms with Gasteiger partial charge >= 0.3 is 0 Å². The highest BCUT2D eigenvalue weighted by Crippen LogP contribution is 2.16. The third-order valence-electron chi connectivity index (χ3n) is 3.34. The second kappa shape index (κ2) is 9.27. The summed E-state index contributed by atoms with van der Waals surface area (Å²) in [6, 6.07) is 13.1. The van der Waals surface area contributed by atoms with Crippen molar-refractivity contribution in [2.24, 2.45) is 10.7 Å². The molecule has 0 saturated heterocycles. The van der Waals surface area contributed by atoms with Gasteiger partial charge in [0, 0.05) is 18.3 Å². The number of benzene rings is 2. The van der Waals surface area contributed by atoms with Gasteiger partial charge in [-0.2, -0.15) is 0 Å². The highest BCUT2D eigenvalue weighted by molar-refractivity contribution is 5.92. The Morgan fingerprint density at radius 2 is 2.00 bits per heavy atom. The van der Waals surface area contributed by atoms with Crippen LogP contribution in [0.5, 0.6) is 5.75 Å². The monoisotopic (exact) mass is 344 g/mol. The second-order valence-corrected chi connectivity index (χ2v) is 5.28. The van der Waals surface area contributed by atoms with E-state index in [9.17, 15) is 9.18 Å². The van der Waals surface area contributed by atoms with E-state index in [1.54, 1.807) is 25.3 Å². The first kappa shape index (κ1) is 18.3. The van der Waals surface area contributed by atoms with Crippen molar-refractivity contribution in [3.63, 3.8) is 0 Å². The van der Waals surface area contributed by atoms with Crippen LogP contribution in [0.3, 0.4) is 0 Å². The number of halogens is 1. The van der Waals surface area contributed by atoms with Gasteiger partial charge in [0.15, 0.2) is 5.96 Å². The Morgan fingerprint density at radius 3 is 2.72 bits per heavy atom. The van der Waals surface area contributed by atoms with Crippen LogP contribution in [0.2, 0.25) is 0 Å². The summed E-state index contributed by atoms with van der Waals surface area (Å²) in [4.78, 5) is 15.9. The lowest BCUT2D eigenvalue weighted by Gasteiger charge is -2.08. The average Bonchev–Trinajstić information content (AvgIpc) is 2.61. The van der Waals surface area contributed by atoms with Crippen molar-refractivity contribution in [3.05, 3.63) is 59.9 Å². The molecular weight excluding hydrogens is 323 g/mol. The number of amides is 1. The number of hydrogen-bond donors (Lipinski definition) is 3. The molecule has 6 nitrogen and oxygen atoms in total. The number of methoxy groups -OCH3 is 1. The number of anilines is 1. The fraction of sp³-hybridized carbons (Fsp3) is 0.222. The molecule has 0 aliphatic rings. The van der Waals surface area contributed by atoms with Crippen molar-refractivity contribution in [2.75, 3.05) is 25.5 Å². The van der Waals surface area contributed by atoms with Gasteiger partial charge in [0.25, 0.3) is 0 Å². The number of nitrogens with two attached hydrogens (primary N) is 1. The van der Waals surface area contributed by atoms with Crippen LogP contribution in [-0.2, 0) is 11.2 Å². The van der Waals surface area contributed by atoms with Gasteiger partial charge in [-0.1, -0.05) is 18.2 Å². The molecule has 2 rings (SSSR count). The van der Waals surface area contributed by atoms with Crippen LogP contribution in [0.25, 0.3) is 0 Å². The van der Waals surface area contributed by atoms with E-state index in [1.807, 2.05) is 18.2 Å². The maximum atomic E-state index is 12.8. The summed E-state index contributed by atoms with van der Waals surface area (Å²) in [5.41, 5.74) is 7.32. The Morgan fingerprint density at radius 1 is 1.24 bits per heavy atom. The van der Waals surface area contributed by atoms with Crippen molar-refractivity contribution in [1.82, 2.24) is 5.32 Å². The molecule has 0 radical (unpaired) electrons.